The van der Waals surface area contributed by atoms with E-state index < -0.39 is 0 Å². The van der Waals surface area contributed by atoms with E-state index in [2.05, 4.69) is 5.32 Å². The molecule has 2 amide bonds. The number of para-hydroxylation sites is 2. The Balaban J connectivity index is 1.43. The van der Waals surface area contributed by atoms with Gasteiger partial charge in [0.2, 0.25) is 5.91 Å². The Hall–Kier alpha value is -4.04. The number of nitrogens with zero attached hydrogens (tertiary/aromatic N) is 2. The molecule has 1 aliphatic rings. The van der Waals surface area contributed by atoms with Crippen LogP contribution in [0.3, 0.4) is 0 Å². The molecule has 0 atom stereocenters. The quantitative estimate of drug-likeness (QED) is 0.372. The fraction of sp³-hybridized carbons (Fsp3) is 0.179. The maximum absolute atomic E-state index is 13.6. The Kier molecular flexibility index (Phi) is 6.77. The molecule has 182 valence electrons. The fourth-order valence-electron chi connectivity index (χ4n) is 4.13. The average Bonchev–Trinajstić information content (AvgIpc) is 2.92. The fourth-order valence-corrected chi connectivity index (χ4v) is 4.69. The van der Waals surface area contributed by atoms with Gasteiger partial charge in [0.1, 0.15) is 13.2 Å². The Morgan fingerprint density at radius 1 is 0.972 bits per heavy atom. The molecule has 0 radical (unpaired) electrons. The Morgan fingerprint density at radius 2 is 1.72 bits per heavy atom. The number of nitrogens with one attached hydrogen (secondary N) is 1. The van der Waals surface area contributed by atoms with Crippen LogP contribution in [0.2, 0.25) is 0 Å². The summed E-state index contributed by atoms with van der Waals surface area (Å²) in [5, 5.41) is 3.64. The van der Waals surface area contributed by atoms with Crippen molar-refractivity contribution < 1.29 is 19.1 Å². The third-order valence-corrected chi connectivity index (χ3v) is 6.69. The summed E-state index contributed by atoms with van der Waals surface area (Å²) in [7, 11) is 1.63. The first-order chi connectivity index (χ1) is 17.5. The molecule has 0 spiro atoms. The highest BCUT2D eigenvalue weighted by Gasteiger charge is 2.21. The molecular formula is C28H25N3O4S. The second-order valence-corrected chi connectivity index (χ2v) is 9.19. The van der Waals surface area contributed by atoms with Crippen LogP contribution >= 0.6 is 11.8 Å². The summed E-state index contributed by atoms with van der Waals surface area (Å²) in [6, 6.07) is 22.5. The van der Waals surface area contributed by atoms with Crippen molar-refractivity contribution in [2.24, 2.45) is 0 Å². The molecule has 8 heteroatoms. The Morgan fingerprint density at radius 3 is 2.56 bits per heavy atom. The monoisotopic (exact) mass is 499 g/mol. The first-order valence-corrected chi connectivity index (χ1v) is 12.7. The lowest BCUT2D eigenvalue weighted by atomic mass is 10.0. The number of anilines is 1. The third-order valence-electron chi connectivity index (χ3n) is 5.89. The average molecular weight is 500 g/mol. The predicted octanol–water partition coefficient (Wildman–Crippen LogP) is 5.11. The van der Waals surface area contributed by atoms with Crippen LogP contribution in [0.15, 0.2) is 77.7 Å². The minimum atomic E-state index is -0.266. The lowest BCUT2D eigenvalue weighted by Crippen LogP contribution is -2.35. The number of aromatic nitrogens is 1. The minimum Gasteiger partial charge on any atom is -0.486 e. The Bertz CT molecular complexity index is 1460. The van der Waals surface area contributed by atoms with Gasteiger partial charge in [-0.2, -0.15) is 0 Å². The van der Waals surface area contributed by atoms with E-state index in [4.69, 9.17) is 14.5 Å². The first-order valence-electron chi connectivity index (χ1n) is 11.5. The highest BCUT2D eigenvalue weighted by atomic mass is 32.2. The highest BCUT2D eigenvalue weighted by Crippen LogP contribution is 2.35. The van der Waals surface area contributed by atoms with Crippen LogP contribution in [0, 0.1) is 0 Å². The van der Waals surface area contributed by atoms with Crippen LogP contribution in [-0.4, -0.2) is 54.8 Å². The minimum absolute atomic E-state index is 0.0858. The molecule has 0 bridgehead atoms. The molecule has 0 fully saturated rings. The lowest BCUT2D eigenvalue weighted by Gasteiger charge is -2.20. The number of pyridine rings is 1. The maximum Gasteiger partial charge on any atom is 0.254 e. The summed E-state index contributed by atoms with van der Waals surface area (Å²) in [4.78, 5) is 33.5. The van der Waals surface area contributed by atoms with Gasteiger partial charge in [-0.1, -0.05) is 30.3 Å². The molecule has 2 heterocycles. The molecule has 1 aliphatic heterocycles. The summed E-state index contributed by atoms with van der Waals surface area (Å²) < 4.78 is 11.4. The number of hydrogen-bond donors (Lipinski definition) is 1. The van der Waals surface area contributed by atoms with Gasteiger partial charge in [0, 0.05) is 22.9 Å². The van der Waals surface area contributed by atoms with Gasteiger partial charge in [-0.25, -0.2) is 4.98 Å². The van der Waals surface area contributed by atoms with Gasteiger partial charge in [0.05, 0.1) is 29.0 Å². The smallest absolute Gasteiger partial charge is 0.254 e. The number of carbonyl (C=O) groups is 2. The maximum atomic E-state index is 13.6. The van der Waals surface area contributed by atoms with Gasteiger partial charge in [0.25, 0.3) is 5.91 Å². The van der Waals surface area contributed by atoms with Gasteiger partial charge in [-0.05, 0) is 48.7 Å². The van der Waals surface area contributed by atoms with Crippen molar-refractivity contribution in [1.82, 2.24) is 9.88 Å². The van der Waals surface area contributed by atoms with E-state index >= 15 is 0 Å². The van der Waals surface area contributed by atoms with Crippen LogP contribution < -0.4 is 14.8 Å². The van der Waals surface area contributed by atoms with E-state index in [1.165, 1.54) is 4.90 Å². The zero-order valence-corrected chi connectivity index (χ0v) is 20.8. The normalized spacial score (nSPS) is 12.3. The summed E-state index contributed by atoms with van der Waals surface area (Å²) in [6.45, 7) is 0.916. The van der Waals surface area contributed by atoms with Crippen molar-refractivity contribution in [3.63, 3.8) is 0 Å². The number of hydrogen-bond acceptors (Lipinski definition) is 6. The van der Waals surface area contributed by atoms with E-state index in [9.17, 15) is 9.59 Å². The number of thioether (sulfide) groups is 1. The molecular weight excluding hydrogens is 474 g/mol. The number of fused-ring (bicyclic) bond motifs is 2. The van der Waals surface area contributed by atoms with Crippen molar-refractivity contribution >= 4 is 40.2 Å². The predicted molar refractivity (Wildman–Crippen MR) is 142 cm³/mol. The molecule has 7 nitrogen and oxygen atoms in total. The zero-order valence-electron chi connectivity index (χ0n) is 20.0. The van der Waals surface area contributed by atoms with E-state index in [-0.39, 0.29) is 18.4 Å². The molecule has 5 rings (SSSR count). The summed E-state index contributed by atoms with van der Waals surface area (Å²) in [6.07, 6.45) is 1.95. The van der Waals surface area contributed by atoms with Crippen molar-refractivity contribution in [1.29, 1.82) is 0 Å². The standard InChI is InChI=1S/C28H25N3O4S/c1-31(17-27(32)30-22-9-5-6-10-26(22)36-2)28(33)20-16-23(29-21-8-4-3-7-19(20)21)18-11-12-24-25(15-18)35-14-13-34-24/h3-12,15-16H,13-14,17H2,1-2H3,(H,30,32). The summed E-state index contributed by atoms with van der Waals surface area (Å²) in [5.41, 5.74) is 3.35. The van der Waals surface area contributed by atoms with Gasteiger partial charge in [-0.3, -0.25) is 9.59 Å². The highest BCUT2D eigenvalue weighted by molar-refractivity contribution is 7.98. The van der Waals surface area contributed by atoms with Gasteiger partial charge >= 0.3 is 0 Å². The molecule has 0 unspecified atom stereocenters. The Labute approximate surface area is 213 Å². The number of amides is 2. The van der Waals surface area contributed by atoms with Crippen LogP contribution in [0.25, 0.3) is 22.2 Å². The van der Waals surface area contributed by atoms with E-state index in [0.29, 0.717) is 41.5 Å². The first kappa shape index (κ1) is 23.7. The van der Waals surface area contributed by atoms with E-state index in [1.54, 1.807) is 24.9 Å². The number of ether oxygens (including phenoxy) is 2. The third kappa shape index (κ3) is 4.85. The van der Waals surface area contributed by atoms with Crippen molar-refractivity contribution in [2.45, 2.75) is 4.90 Å². The van der Waals surface area contributed by atoms with Crippen LogP contribution in [-0.2, 0) is 4.79 Å². The molecule has 3 aromatic carbocycles. The molecule has 0 saturated carbocycles. The van der Waals surface area contributed by atoms with E-state index in [0.717, 1.165) is 21.5 Å². The van der Waals surface area contributed by atoms with Crippen molar-refractivity contribution in [2.75, 3.05) is 38.4 Å². The zero-order chi connectivity index (χ0) is 25.1. The largest absolute Gasteiger partial charge is 0.486 e. The van der Waals surface area contributed by atoms with Crippen LogP contribution in [0.4, 0.5) is 5.69 Å². The van der Waals surface area contributed by atoms with Crippen LogP contribution in [0.5, 0.6) is 11.5 Å². The second kappa shape index (κ2) is 10.3. The topological polar surface area (TPSA) is 80.8 Å². The second-order valence-electron chi connectivity index (χ2n) is 8.34. The van der Waals surface area contributed by atoms with Gasteiger partial charge in [-0.15, -0.1) is 11.8 Å². The number of benzene rings is 3. The molecule has 1 N–H and O–H groups in total. The molecule has 36 heavy (non-hydrogen) atoms. The number of carbonyl (C=O) groups excluding carboxylic acids is 2. The summed E-state index contributed by atoms with van der Waals surface area (Å²) >= 11 is 1.55. The number of likely N-dealkylation sites (N-methyl/N-ethyl adjacent to an activating group) is 1. The molecule has 0 saturated heterocycles. The van der Waals surface area contributed by atoms with Crippen LogP contribution in [0.1, 0.15) is 10.4 Å². The molecule has 4 aromatic rings. The molecule has 1 aromatic heterocycles. The van der Waals surface area contributed by atoms with E-state index in [1.807, 2.05) is 73.0 Å². The lowest BCUT2D eigenvalue weighted by molar-refractivity contribution is -0.116. The van der Waals surface area contributed by atoms with Crippen molar-refractivity contribution in [3.8, 4) is 22.8 Å². The number of rotatable bonds is 6. The summed E-state index contributed by atoms with van der Waals surface area (Å²) in [5.74, 6) is 0.815. The van der Waals surface area contributed by atoms with Gasteiger partial charge in [0.15, 0.2) is 11.5 Å². The SMILES string of the molecule is CSc1ccccc1NC(=O)CN(C)C(=O)c1cc(-c2ccc3c(c2)OCCO3)nc2ccccc12. The molecule has 0 aliphatic carbocycles. The van der Waals surface area contributed by atoms with Crippen molar-refractivity contribution in [3.05, 3.63) is 78.4 Å². The van der Waals surface area contributed by atoms with Gasteiger partial charge < -0.3 is 19.7 Å².